The molecule has 1 aliphatic rings. The SMILES string of the molecule is COC(=O)[C@H]1CCCN(c2nc(-c3cccnc3)nc3ccccc23)C1. The van der Waals surface area contributed by atoms with Crippen molar-refractivity contribution in [3.8, 4) is 11.4 Å². The first-order valence-electron chi connectivity index (χ1n) is 8.76. The second-order valence-corrected chi connectivity index (χ2v) is 6.44. The van der Waals surface area contributed by atoms with Crippen LogP contribution in [0.25, 0.3) is 22.3 Å². The minimum Gasteiger partial charge on any atom is -0.469 e. The van der Waals surface area contributed by atoms with Gasteiger partial charge in [-0.25, -0.2) is 9.97 Å². The molecule has 6 nitrogen and oxygen atoms in total. The van der Waals surface area contributed by atoms with Crippen molar-refractivity contribution in [1.82, 2.24) is 15.0 Å². The minimum atomic E-state index is -0.152. The minimum absolute atomic E-state index is 0.121. The fraction of sp³-hybridized carbons (Fsp3) is 0.300. The van der Waals surface area contributed by atoms with Crippen molar-refractivity contribution in [2.45, 2.75) is 12.8 Å². The van der Waals surface area contributed by atoms with Crippen LogP contribution in [0.3, 0.4) is 0 Å². The first kappa shape index (κ1) is 16.4. The van der Waals surface area contributed by atoms with E-state index < -0.39 is 0 Å². The Balaban J connectivity index is 1.79. The number of fused-ring (bicyclic) bond motifs is 1. The molecule has 0 aliphatic carbocycles. The smallest absolute Gasteiger partial charge is 0.310 e. The van der Waals surface area contributed by atoms with Crippen LogP contribution in [0.4, 0.5) is 5.82 Å². The van der Waals surface area contributed by atoms with Gasteiger partial charge in [-0.3, -0.25) is 9.78 Å². The molecule has 0 bridgehead atoms. The number of piperidine rings is 1. The Hall–Kier alpha value is -3.02. The number of rotatable bonds is 3. The van der Waals surface area contributed by atoms with Gasteiger partial charge in [0, 0.05) is 36.4 Å². The molecule has 132 valence electrons. The number of para-hydroxylation sites is 1. The molecule has 0 saturated carbocycles. The zero-order valence-electron chi connectivity index (χ0n) is 14.6. The van der Waals surface area contributed by atoms with Crippen molar-refractivity contribution in [2.75, 3.05) is 25.1 Å². The number of benzene rings is 1. The molecule has 0 radical (unpaired) electrons. The Morgan fingerprint density at radius 3 is 2.88 bits per heavy atom. The second kappa shape index (κ2) is 7.07. The molecule has 26 heavy (non-hydrogen) atoms. The molecular weight excluding hydrogens is 328 g/mol. The lowest BCUT2D eigenvalue weighted by Gasteiger charge is -2.33. The monoisotopic (exact) mass is 348 g/mol. The number of methoxy groups -OCH3 is 1. The molecule has 4 rings (SSSR count). The topological polar surface area (TPSA) is 68.2 Å². The fourth-order valence-electron chi connectivity index (χ4n) is 3.45. The number of ether oxygens (including phenoxy) is 1. The number of anilines is 1. The first-order chi connectivity index (χ1) is 12.8. The van der Waals surface area contributed by atoms with Crippen LogP contribution >= 0.6 is 0 Å². The summed E-state index contributed by atoms with van der Waals surface area (Å²) in [5.74, 6) is 1.24. The van der Waals surface area contributed by atoms with Gasteiger partial charge in [-0.15, -0.1) is 0 Å². The molecule has 2 aromatic heterocycles. The summed E-state index contributed by atoms with van der Waals surface area (Å²) in [4.78, 5) is 27.9. The zero-order valence-corrected chi connectivity index (χ0v) is 14.6. The number of nitrogens with zero attached hydrogens (tertiary/aromatic N) is 4. The maximum absolute atomic E-state index is 12.0. The molecule has 0 unspecified atom stereocenters. The summed E-state index contributed by atoms with van der Waals surface area (Å²) in [6.07, 6.45) is 5.28. The van der Waals surface area contributed by atoms with E-state index in [9.17, 15) is 4.79 Å². The van der Waals surface area contributed by atoms with Gasteiger partial charge in [0.15, 0.2) is 5.82 Å². The number of hydrogen-bond acceptors (Lipinski definition) is 6. The van der Waals surface area contributed by atoms with Gasteiger partial charge < -0.3 is 9.64 Å². The Morgan fingerprint density at radius 1 is 1.19 bits per heavy atom. The summed E-state index contributed by atoms with van der Waals surface area (Å²) >= 11 is 0. The van der Waals surface area contributed by atoms with Gasteiger partial charge in [0.25, 0.3) is 0 Å². The number of hydrogen-bond donors (Lipinski definition) is 0. The summed E-state index contributed by atoms with van der Waals surface area (Å²) in [5.41, 5.74) is 1.76. The van der Waals surface area contributed by atoms with Gasteiger partial charge in [0.05, 0.1) is 18.5 Å². The third kappa shape index (κ3) is 3.10. The molecule has 3 aromatic rings. The van der Waals surface area contributed by atoms with Gasteiger partial charge in [-0.2, -0.15) is 0 Å². The quantitative estimate of drug-likeness (QED) is 0.678. The molecule has 1 atom stereocenters. The van der Waals surface area contributed by atoms with E-state index in [0.717, 1.165) is 41.7 Å². The van der Waals surface area contributed by atoms with Crippen LogP contribution in [-0.2, 0) is 9.53 Å². The summed E-state index contributed by atoms with van der Waals surface area (Å²) in [6, 6.07) is 11.8. The first-order valence-corrected chi connectivity index (χ1v) is 8.76. The molecule has 1 aromatic carbocycles. The maximum Gasteiger partial charge on any atom is 0.310 e. The van der Waals surface area contributed by atoms with E-state index in [1.54, 1.807) is 12.4 Å². The highest BCUT2D eigenvalue weighted by molar-refractivity contribution is 5.91. The van der Waals surface area contributed by atoms with Gasteiger partial charge >= 0.3 is 5.97 Å². The lowest BCUT2D eigenvalue weighted by Crippen LogP contribution is -2.39. The van der Waals surface area contributed by atoms with Crippen LogP contribution in [0, 0.1) is 5.92 Å². The molecule has 0 N–H and O–H groups in total. The predicted octanol–water partition coefficient (Wildman–Crippen LogP) is 3.08. The van der Waals surface area contributed by atoms with Crippen LogP contribution in [0.2, 0.25) is 0 Å². The van der Waals surface area contributed by atoms with Crippen molar-refractivity contribution in [3.63, 3.8) is 0 Å². The average molecular weight is 348 g/mol. The van der Waals surface area contributed by atoms with E-state index in [2.05, 4.69) is 9.88 Å². The van der Waals surface area contributed by atoms with Crippen molar-refractivity contribution in [3.05, 3.63) is 48.8 Å². The number of aromatic nitrogens is 3. The van der Waals surface area contributed by atoms with Crippen molar-refractivity contribution in [1.29, 1.82) is 0 Å². The lowest BCUT2D eigenvalue weighted by molar-refractivity contribution is -0.145. The van der Waals surface area contributed by atoms with Crippen LogP contribution in [0.5, 0.6) is 0 Å². The molecule has 0 amide bonds. The Morgan fingerprint density at radius 2 is 2.08 bits per heavy atom. The van der Waals surface area contributed by atoms with E-state index in [-0.39, 0.29) is 11.9 Å². The number of carbonyl (C=O) groups excluding carboxylic acids is 1. The van der Waals surface area contributed by atoms with E-state index in [1.807, 2.05) is 36.4 Å². The van der Waals surface area contributed by atoms with Crippen LogP contribution < -0.4 is 4.90 Å². The molecule has 1 saturated heterocycles. The number of pyridine rings is 1. The second-order valence-electron chi connectivity index (χ2n) is 6.44. The van der Waals surface area contributed by atoms with E-state index in [1.165, 1.54) is 7.11 Å². The van der Waals surface area contributed by atoms with Gasteiger partial charge in [-0.1, -0.05) is 12.1 Å². The van der Waals surface area contributed by atoms with Gasteiger partial charge in [0.1, 0.15) is 5.82 Å². The molecule has 3 heterocycles. The van der Waals surface area contributed by atoms with E-state index in [4.69, 9.17) is 14.7 Å². The van der Waals surface area contributed by atoms with Gasteiger partial charge in [-0.05, 0) is 37.1 Å². The highest BCUT2D eigenvalue weighted by atomic mass is 16.5. The van der Waals surface area contributed by atoms with Crippen molar-refractivity contribution >= 4 is 22.7 Å². The summed E-state index contributed by atoms with van der Waals surface area (Å²) < 4.78 is 4.95. The summed E-state index contributed by atoms with van der Waals surface area (Å²) in [6.45, 7) is 1.47. The largest absolute Gasteiger partial charge is 0.469 e. The highest BCUT2D eigenvalue weighted by Gasteiger charge is 2.28. The van der Waals surface area contributed by atoms with Crippen LogP contribution in [-0.4, -0.2) is 41.1 Å². The highest BCUT2D eigenvalue weighted by Crippen LogP contribution is 2.30. The Kier molecular flexibility index (Phi) is 4.48. The van der Waals surface area contributed by atoms with E-state index >= 15 is 0 Å². The summed E-state index contributed by atoms with van der Waals surface area (Å²) in [5, 5.41) is 0.991. The maximum atomic E-state index is 12.0. The predicted molar refractivity (Wildman–Crippen MR) is 99.7 cm³/mol. The molecule has 6 heteroatoms. The number of esters is 1. The molecule has 1 aliphatic heterocycles. The summed E-state index contributed by atoms with van der Waals surface area (Å²) in [7, 11) is 1.45. The van der Waals surface area contributed by atoms with Crippen molar-refractivity contribution < 1.29 is 9.53 Å². The van der Waals surface area contributed by atoms with Crippen LogP contribution in [0.15, 0.2) is 48.8 Å². The molecular formula is C20H20N4O2. The molecule has 1 fully saturated rings. The Labute approximate surface area is 151 Å². The standard InChI is InChI=1S/C20H20N4O2/c1-26-20(25)15-7-5-11-24(13-15)19-16-8-2-3-9-17(16)22-18(23-19)14-6-4-10-21-12-14/h2-4,6,8-10,12,15H,5,7,11,13H2,1H3/t15-/m0/s1. The average Bonchev–Trinajstić information content (AvgIpc) is 2.73. The normalized spacial score (nSPS) is 17.3. The number of carbonyl (C=O) groups is 1. The Bertz CT molecular complexity index is 930. The zero-order chi connectivity index (χ0) is 17.9. The lowest BCUT2D eigenvalue weighted by atomic mass is 9.98. The van der Waals surface area contributed by atoms with E-state index in [0.29, 0.717) is 12.4 Å². The van der Waals surface area contributed by atoms with Gasteiger partial charge in [0.2, 0.25) is 0 Å². The van der Waals surface area contributed by atoms with Crippen molar-refractivity contribution in [2.24, 2.45) is 5.92 Å². The third-order valence-electron chi connectivity index (χ3n) is 4.76. The third-order valence-corrected chi connectivity index (χ3v) is 4.76. The molecule has 0 spiro atoms. The van der Waals surface area contributed by atoms with Crippen LogP contribution in [0.1, 0.15) is 12.8 Å². The fourth-order valence-corrected chi connectivity index (χ4v) is 3.45.